The Balaban J connectivity index is 2.67. The number of carbonyl (C=O) groups is 1. The maximum atomic E-state index is 12.5. The van der Waals surface area contributed by atoms with Crippen molar-refractivity contribution in [3.63, 3.8) is 0 Å². The van der Waals surface area contributed by atoms with E-state index >= 15 is 0 Å². The molecule has 0 aromatic carbocycles. The highest BCUT2D eigenvalue weighted by molar-refractivity contribution is 5.92. The number of hydrogen-bond donors (Lipinski definition) is 1. The highest BCUT2D eigenvalue weighted by atomic mass is 19.3. The molecule has 0 saturated heterocycles. The van der Waals surface area contributed by atoms with E-state index < -0.39 is 18.3 Å². The van der Waals surface area contributed by atoms with Crippen LogP contribution in [0, 0.1) is 13.8 Å². The van der Waals surface area contributed by atoms with Gasteiger partial charge in [-0.1, -0.05) is 5.16 Å². The summed E-state index contributed by atoms with van der Waals surface area (Å²) in [5.74, 6) is -3.36. The molecule has 1 aromatic rings. The number of nitrogens with one attached hydrogen (secondary N) is 1. The Hall–Kier alpha value is -1.46. The number of carbonyl (C=O) groups excluding carboxylic acids is 1. The van der Waals surface area contributed by atoms with Gasteiger partial charge in [-0.05, 0) is 20.8 Å². The predicted octanol–water partition coefficient (Wildman–Crippen LogP) is 2.28. The molecular formula is C9H12F2N2O2. The van der Waals surface area contributed by atoms with Gasteiger partial charge in [0.25, 0.3) is 5.92 Å². The molecule has 0 radical (unpaired) electrons. The minimum Gasteiger partial charge on any atom is -0.359 e. The molecule has 1 N–H and O–H groups in total. The second kappa shape index (κ2) is 3.96. The van der Waals surface area contributed by atoms with Crippen molar-refractivity contribution in [2.75, 3.05) is 5.32 Å². The molecule has 0 spiro atoms. The third kappa shape index (κ3) is 3.30. The van der Waals surface area contributed by atoms with E-state index in [1.54, 1.807) is 13.8 Å². The minimum atomic E-state index is -3.01. The molecule has 0 fully saturated rings. The largest absolute Gasteiger partial charge is 0.359 e. The van der Waals surface area contributed by atoms with Crippen LogP contribution in [0.25, 0.3) is 0 Å². The summed E-state index contributed by atoms with van der Waals surface area (Å²) in [6.45, 7) is 3.91. The van der Waals surface area contributed by atoms with E-state index in [1.165, 1.54) is 0 Å². The molecule has 6 heteroatoms. The molecule has 1 rings (SSSR count). The maximum Gasteiger partial charge on any atom is 0.254 e. The van der Waals surface area contributed by atoms with E-state index in [0.717, 1.165) is 0 Å². The standard InChI is InChI=1S/C9H12F2N2O2/c1-5-8(6(2)15-13-5)12-7(14)4-9(3,10)11/h4H2,1-3H3,(H,12,14). The van der Waals surface area contributed by atoms with Crippen molar-refractivity contribution >= 4 is 11.6 Å². The molecule has 1 heterocycles. The number of hydrogen-bond acceptors (Lipinski definition) is 3. The van der Waals surface area contributed by atoms with Gasteiger partial charge in [0.1, 0.15) is 11.4 Å². The molecular weight excluding hydrogens is 206 g/mol. The molecule has 1 amide bonds. The van der Waals surface area contributed by atoms with E-state index in [2.05, 4.69) is 10.5 Å². The first-order valence-electron chi connectivity index (χ1n) is 4.40. The van der Waals surface area contributed by atoms with Crippen LogP contribution in [0.1, 0.15) is 24.8 Å². The smallest absolute Gasteiger partial charge is 0.254 e. The molecule has 0 aliphatic carbocycles. The molecule has 1 aromatic heterocycles. The second-order valence-electron chi connectivity index (χ2n) is 3.49. The number of alkyl halides is 2. The minimum absolute atomic E-state index is 0.365. The number of anilines is 1. The number of aromatic nitrogens is 1. The van der Waals surface area contributed by atoms with Crippen molar-refractivity contribution in [2.45, 2.75) is 33.1 Å². The maximum absolute atomic E-state index is 12.5. The Morgan fingerprint density at radius 2 is 2.13 bits per heavy atom. The van der Waals surface area contributed by atoms with E-state index in [9.17, 15) is 13.6 Å². The molecule has 0 atom stereocenters. The summed E-state index contributed by atoms with van der Waals surface area (Å²) in [4.78, 5) is 11.2. The third-order valence-corrected chi connectivity index (χ3v) is 1.77. The van der Waals surface area contributed by atoms with Gasteiger partial charge in [0.2, 0.25) is 5.91 Å². The molecule has 15 heavy (non-hydrogen) atoms. The highest BCUT2D eigenvalue weighted by Crippen LogP contribution is 2.21. The predicted molar refractivity (Wildman–Crippen MR) is 49.8 cm³/mol. The van der Waals surface area contributed by atoms with Gasteiger partial charge in [-0.2, -0.15) is 0 Å². The van der Waals surface area contributed by atoms with Crippen LogP contribution in [0.5, 0.6) is 0 Å². The summed E-state index contributed by atoms with van der Waals surface area (Å²) in [5.41, 5.74) is 0.838. The first-order valence-corrected chi connectivity index (χ1v) is 4.40. The van der Waals surface area contributed by atoms with Crippen molar-refractivity contribution < 1.29 is 18.1 Å². The van der Waals surface area contributed by atoms with Crippen LogP contribution < -0.4 is 5.32 Å². The summed E-state index contributed by atoms with van der Waals surface area (Å²) in [6.07, 6.45) is -0.850. The fraction of sp³-hybridized carbons (Fsp3) is 0.556. The van der Waals surface area contributed by atoms with Crippen LogP contribution in [0.3, 0.4) is 0 Å². The molecule has 0 saturated carbocycles. The monoisotopic (exact) mass is 218 g/mol. The fourth-order valence-electron chi connectivity index (χ4n) is 1.13. The van der Waals surface area contributed by atoms with Crippen LogP contribution in [0.15, 0.2) is 4.52 Å². The Bertz CT molecular complexity index is 349. The zero-order chi connectivity index (χ0) is 11.6. The van der Waals surface area contributed by atoms with E-state index in [1.807, 2.05) is 0 Å². The highest BCUT2D eigenvalue weighted by Gasteiger charge is 2.26. The summed E-state index contributed by atoms with van der Waals surface area (Å²) >= 11 is 0. The van der Waals surface area contributed by atoms with E-state index in [4.69, 9.17) is 4.52 Å². The van der Waals surface area contributed by atoms with Gasteiger partial charge < -0.3 is 9.84 Å². The van der Waals surface area contributed by atoms with Gasteiger partial charge in [-0.3, -0.25) is 4.79 Å². The molecule has 4 nitrogen and oxygen atoms in total. The Morgan fingerprint density at radius 3 is 2.53 bits per heavy atom. The average Bonchev–Trinajstić information content (AvgIpc) is 2.32. The summed E-state index contributed by atoms with van der Waals surface area (Å²) in [7, 11) is 0. The van der Waals surface area contributed by atoms with Gasteiger partial charge in [0.15, 0.2) is 5.76 Å². The number of nitrogens with zero attached hydrogens (tertiary/aromatic N) is 1. The zero-order valence-corrected chi connectivity index (χ0v) is 8.73. The quantitative estimate of drug-likeness (QED) is 0.846. The molecule has 0 unspecified atom stereocenters. The Morgan fingerprint density at radius 1 is 1.53 bits per heavy atom. The van der Waals surface area contributed by atoms with Crippen molar-refractivity contribution in [3.8, 4) is 0 Å². The van der Waals surface area contributed by atoms with Gasteiger partial charge in [-0.25, -0.2) is 8.78 Å². The first kappa shape index (κ1) is 11.6. The van der Waals surface area contributed by atoms with Crippen molar-refractivity contribution in [1.82, 2.24) is 5.16 Å². The summed E-state index contributed by atoms with van der Waals surface area (Å²) in [5, 5.41) is 5.93. The lowest BCUT2D eigenvalue weighted by atomic mass is 10.2. The number of aryl methyl sites for hydroxylation is 2. The molecule has 0 aliphatic rings. The van der Waals surface area contributed by atoms with Crippen LogP contribution in [-0.4, -0.2) is 17.0 Å². The van der Waals surface area contributed by atoms with Crippen LogP contribution in [-0.2, 0) is 4.79 Å². The van der Waals surface area contributed by atoms with Crippen LogP contribution >= 0.6 is 0 Å². The lowest BCUT2D eigenvalue weighted by Crippen LogP contribution is -2.22. The third-order valence-electron chi connectivity index (χ3n) is 1.77. The molecule has 84 valence electrons. The number of rotatable bonds is 3. The Kier molecular flexibility index (Phi) is 3.06. The van der Waals surface area contributed by atoms with Gasteiger partial charge >= 0.3 is 0 Å². The van der Waals surface area contributed by atoms with Gasteiger partial charge in [0, 0.05) is 0 Å². The van der Waals surface area contributed by atoms with Crippen molar-refractivity contribution in [3.05, 3.63) is 11.5 Å². The normalized spacial score (nSPS) is 11.5. The van der Waals surface area contributed by atoms with Crippen LogP contribution in [0.2, 0.25) is 0 Å². The van der Waals surface area contributed by atoms with Gasteiger partial charge in [0.05, 0.1) is 6.42 Å². The van der Waals surface area contributed by atoms with Crippen LogP contribution in [0.4, 0.5) is 14.5 Å². The zero-order valence-electron chi connectivity index (χ0n) is 8.73. The lowest BCUT2D eigenvalue weighted by molar-refractivity contribution is -0.122. The molecule has 0 bridgehead atoms. The van der Waals surface area contributed by atoms with Crippen molar-refractivity contribution in [2.24, 2.45) is 0 Å². The van der Waals surface area contributed by atoms with Gasteiger partial charge in [-0.15, -0.1) is 0 Å². The Labute approximate surface area is 85.6 Å². The SMILES string of the molecule is Cc1noc(C)c1NC(=O)CC(C)(F)F. The van der Waals surface area contributed by atoms with E-state index in [0.29, 0.717) is 24.1 Å². The summed E-state index contributed by atoms with van der Waals surface area (Å²) < 4.78 is 29.8. The topological polar surface area (TPSA) is 55.1 Å². The molecule has 0 aliphatic heterocycles. The van der Waals surface area contributed by atoms with E-state index in [-0.39, 0.29) is 0 Å². The fourth-order valence-corrected chi connectivity index (χ4v) is 1.13. The van der Waals surface area contributed by atoms with Crippen molar-refractivity contribution in [1.29, 1.82) is 0 Å². The number of halogens is 2. The number of amides is 1. The first-order chi connectivity index (χ1) is 6.79. The average molecular weight is 218 g/mol. The lowest BCUT2D eigenvalue weighted by Gasteiger charge is -2.09. The summed E-state index contributed by atoms with van der Waals surface area (Å²) in [6, 6.07) is 0. The second-order valence-corrected chi connectivity index (χ2v) is 3.49.